The number of hydrogen-bond acceptors (Lipinski definition) is 6. The van der Waals surface area contributed by atoms with Crippen LogP contribution in [0, 0.1) is 5.82 Å². The van der Waals surface area contributed by atoms with E-state index < -0.39 is 40.2 Å². The molecule has 0 saturated carbocycles. The summed E-state index contributed by atoms with van der Waals surface area (Å²) in [6.45, 7) is 0.876. The van der Waals surface area contributed by atoms with E-state index in [1.807, 2.05) is 18.2 Å². The van der Waals surface area contributed by atoms with Crippen molar-refractivity contribution in [1.82, 2.24) is 9.62 Å². The molecule has 4 atom stereocenters. The van der Waals surface area contributed by atoms with Crippen molar-refractivity contribution in [2.75, 3.05) is 19.7 Å². The van der Waals surface area contributed by atoms with Crippen LogP contribution in [0.15, 0.2) is 53.4 Å². The quantitative estimate of drug-likeness (QED) is 0.615. The third-order valence-electron chi connectivity index (χ3n) is 5.82. The Balaban J connectivity index is 1.50. The summed E-state index contributed by atoms with van der Waals surface area (Å²) in [6.07, 6.45) is -1.55. The van der Waals surface area contributed by atoms with Gasteiger partial charge in [-0.2, -0.15) is 0 Å². The minimum atomic E-state index is -3.87. The molecule has 0 bridgehead atoms. The molecule has 2 heterocycles. The molecule has 2 aromatic carbocycles. The van der Waals surface area contributed by atoms with Gasteiger partial charge in [-0.1, -0.05) is 24.3 Å². The highest BCUT2D eigenvalue weighted by Gasteiger charge is 2.47. The lowest BCUT2D eigenvalue weighted by atomic mass is 9.95. The van der Waals surface area contributed by atoms with Gasteiger partial charge in [0.15, 0.2) is 0 Å². The number of halogens is 1. The average molecular weight is 437 g/mol. The second-order valence-electron chi connectivity index (χ2n) is 7.67. The maximum atomic E-state index is 13.1. The number of aliphatic hydroxyl groups is 2. The largest absolute Gasteiger partial charge is 0.394 e. The molecule has 9 heteroatoms. The molecule has 1 fully saturated rings. The van der Waals surface area contributed by atoms with E-state index in [1.165, 1.54) is 17.7 Å². The fraction of sp³-hybridized carbons (Fsp3) is 0.429. The number of fused-ring (bicyclic) bond motifs is 1. The van der Waals surface area contributed by atoms with E-state index in [-0.39, 0.29) is 18.0 Å². The molecule has 162 valence electrons. The molecule has 4 unspecified atom stereocenters. The molecule has 0 aliphatic carbocycles. The van der Waals surface area contributed by atoms with Gasteiger partial charge in [-0.05, 0) is 41.8 Å². The van der Waals surface area contributed by atoms with Crippen LogP contribution < -0.4 is 4.72 Å². The molecule has 30 heavy (non-hydrogen) atoms. The number of benzene rings is 2. The van der Waals surface area contributed by atoms with Gasteiger partial charge in [0.05, 0.1) is 23.6 Å². The molecule has 0 aromatic heterocycles. The highest BCUT2D eigenvalue weighted by atomic mass is 32.2. The molecular formula is C21H25FN2O5S. The lowest BCUT2D eigenvalue weighted by molar-refractivity contribution is -0.0201. The first kappa shape index (κ1) is 21.4. The number of ether oxygens (including phenoxy) is 1. The second-order valence-corrected chi connectivity index (χ2v) is 9.44. The van der Waals surface area contributed by atoms with E-state index in [1.54, 1.807) is 0 Å². The molecule has 3 N–H and O–H groups in total. The van der Waals surface area contributed by atoms with Crippen molar-refractivity contribution in [1.29, 1.82) is 0 Å². The highest BCUT2D eigenvalue weighted by molar-refractivity contribution is 7.89. The van der Waals surface area contributed by atoms with Gasteiger partial charge in [-0.25, -0.2) is 17.5 Å². The first-order chi connectivity index (χ1) is 14.4. The zero-order valence-electron chi connectivity index (χ0n) is 16.3. The number of rotatable bonds is 6. The normalized spacial score (nSPS) is 27.2. The van der Waals surface area contributed by atoms with Gasteiger partial charge in [0.1, 0.15) is 18.0 Å². The smallest absolute Gasteiger partial charge is 0.240 e. The van der Waals surface area contributed by atoms with Crippen molar-refractivity contribution in [3.8, 4) is 0 Å². The van der Waals surface area contributed by atoms with Crippen molar-refractivity contribution >= 4 is 10.0 Å². The van der Waals surface area contributed by atoms with Crippen LogP contribution in [-0.2, 0) is 27.7 Å². The molecule has 0 amide bonds. The summed E-state index contributed by atoms with van der Waals surface area (Å²) in [5.74, 6) is -0.521. The predicted molar refractivity (Wildman–Crippen MR) is 108 cm³/mol. The summed E-state index contributed by atoms with van der Waals surface area (Å²) in [5.41, 5.74) is 2.42. The number of hydrogen-bond donors (Lipinski definition) is 3. The summed E-state index contributed by atoms with van der Waals surface area (Å²) < 4.78 is 46.5. The first-order valence-corrected chi connectivity index (χ1v) is 11.4. The van der Waals surface area contributed by atoms with Crippen molar-refractivity contribution in [3.63, 3.8) is 0 Å². The Morgan fingerprint density at radius 2 is 1.80 bits per heavy atom. The summed E-state index contributed by atoms with van der Waals surface area (Å²) in [7, 11) is -3.87. The van der Waals surface area contributed by atoms with Crippen LogP contribution in [0.2, 0.25) is 0 Å². The van der Waals surface area contributed by atoms with Crippen LogP contribution in [0.1, 0.15) is 11.1 Å². The Bertz CT molecular complexity index is 985. The standard InChI is InChI=1S/C21H25FN2O5S/c22-16-5-7-17(8-6-16)30(27,28)23-11-18-20(21(26)19(13-25)29-18)24-10-9-14-3-1-2-4-15(14)12-24/h1-8,18-21,23,25-26H,9-13H2. The zero-order chi connectivity index (χ0) is 21.3. The average Bonchev–Trinajstić information content (AvgIpc) is 3.07. The van der Waals surface area contributed by atoms with E-state index in [0.717, 1.165) is 24.1 Å². The number of nitrogens with one attached hydrogen (secondary N) is 1. The Morgan fingerprint density at radius 3 is 2.50 bits per heavy atom. The summed E-state index contributed by atoms with van der Waals surface area (Å²) >= 11 is 0. The van der Waals surface area contributed by atoms with Gasteiger partial charge in [0, 0.05) is 19.6 Å². The fourth-order valence-electron chi connectivity index (χ4n) is 4.26. The van der Waals surface area contributed by atoms with Gasteiger partial charge < -0.3 is 14.9 Å². The van der Waals surface area contributed by atoms with Crippen molar-refractivity contribution < 1.29 is 27.8 Å². The molecule has 2 aliphatic heterocycles. The van der Waals surface area contributed by atoms with Gasteiger partial charge in [0.2, 0.25) is 10.0 Å². The van der Waals surface area contributed by atoms with E-state index >= 15 is 0 Å². The minimum absolute atomic E-state index is 0.0513. The lowest BCUT2D eigenvalue weighted by Gasteiger charge is -2.37. The summed E-state index contributed by atoms with van der Waals surface area (Å²) in [5, 5.41) is 20.3. The Morgan fingerprint density at radius 1 is 1.10 bits per heavy atom. The van der Waals surface area contributed by atoms with Crippen molar-refractivity contribution in [2.45, 2.75) is 42.2 Å². The molecule has 4 rings (SSSR count). The topological polar surface area (TPSA) is 99.1 Å². The van der Waals surface area contributed by atoms with E-state index in [9.17, 15) is 23.0 Å². The van der Waals surface area contributed by atoms with Gasteiger partial charge in [-0.3, -0.25) is 4.90 Å². The molecule has 0 spiro atoms. The maximum Gasteiger partial charge on any atom is 0.240 e. The first-order valence-electron chi connectivity index (χ1n) is 9.89. The molecule has 7 nitrogen and oxygen atoms in total. The monoisotopic (exact) mass is 436 g/mol. The van der Waals surface area contributed by atoms with Crippen LogP contribution in [0.25, 0.3) is 0 Å². The molecule has 0 radical (unpaired) electrons. The fourth-order valence-corrected chi connectivity index (χ4v) is 5.30. The van der Waals surface area contributed by atoms with Crippen LogP contribution in [-0.4, -0.2) is 67.6 Å². The van der Waals surface area contributed by atoms with Crippen molar-refractivity contribution in [2.24, 2.45) is 0 Å². The summed E-state index contributed by atoms with van der Waals surface area (Å²) in [6, 6.07) is 12.2. The number of sulfonamides is 1. The maximum absolute atomic E-state index is 13.1. The van der Waals surface area contributed by atoms with Crippen LogP contribution in [0.3, 0.4) is 0 Å². The Hall–Kier alpha value is -1.88. The third kappa shape index (κ3) is 4.27. The molecule has 2 aromatic rings. The van der Waals surface area contributed by atoms with E-state index in [2.05, 4.69) is 15.7 Å². The number of aliphatic hydroxyl groups excluding tert-OH is 2. The van der Waals surface area contributed by atoms with Crippen LogP contribution in [0.4, 0.5) is 4.39 Å². The van der Waals surface area contributed by atoms with Crippen molar-refractivity contribution in [3.05, 3.63) is 65.5 Å². The SMILES string of the molecule is O=S(=O)(NCC1OC(CO)C(O)C1N1CCc2ccccc2C1)c1ccc(F)cc1. The lowest BCUT2D eigenvalue weighted by Crippen LogP contribution is -2.52. The Labute approximate surface area is 175 Å². The predicted octanol–water partition coefficient (Wildman–Crippen LogP) is 0.652. The van der Waals surface area contributed by atoms with E-state index in [0.29, 0.717) is 13.1 Å². The number of nitrogens with zero attached hydrogens (tertiary/aromatic N) is 1. The molecule has 1 saturated heterocycles. The van der Waals surface area contributed by atoms with Crippen LogP contribution >= 0.6 is 0 Å². The van der Waals surface area contributed by atoms with Gasteiger partial charge in [-0.15, -0.1) is 0 Å². The van der Waals surface area contributed by atoms with E-state index in [4.69, 9.17) is 4.74 Å². The molecular weight excluding hydrogens is 411 g/mol. The third-order valence-corrected chi connectivity index (χ3v) is 7.26. The minimum Gasteiger partial charge on any atom is -0.394 e. The second kappa shape index (κ2) is 8.70. The van der Waals surface area contributed by atoms with Gasteiger partial charge in [0.25, 0.3) is 0 Å². The van der Waals surface area contributed by atoms with Crippen LogP contribution in [0.5, 0.6) is 0 Å². The van der Waals surface area contributed by atoms with Gasteiger partial charge >= 0.3 is 0 Å². The zero-order valence-corrected chi connectivity index (χ0v) is 17.1. The molecule has 2 aliphatic rings. The Kier molecular flexibility index (Phi) is 6.19. The highest BCUT2D eigenvalue weighted by Crippen LogP contribution is 2.30. The summed E-state index contributed by atoms with van der Waals surface area (Å²) in [4.78, 5) is 2.03.